The Morgan fingerprint density at radius 2 is 1.71 bits per heavy atom. The van der Waals surface area contributed by atoms with Crippen LogP contribution < -0.4 is 10.5 Å². The Kier molecular flexibility index (Phi) is 4.40. The van der Waals surface area contributed by atoms with E-state index in [9.17, 15) is 13.2 Å². The van der Waals surface area contributed by atoms with Crippen LogP contribution in [0.4, 0.5) is 5.69 Å². The van der Waals surface area contributed by atoms with Gasteiger partial charge in [-0.2, -0.15) is 0 Å². The predicted octanol–water partition coefficient (Wildman–Crippen LogP) is 1.82. The molecule has 2 rings (SSSR count). The van der Waals surface area contributed by atoms with E-state index in [-0.39, 0.29) is 17.2 Å². The maximum Gasteiger partial charge on any atom is 0.238 e. The molecule has 0 aromatic heterocycles. The van der Waals surface area contributed by atoms with Crippen LogP contribution in [0.3, 0.4) is 0 Å². The van der Waals surface area contributed by atoms with E-state index < -0.39 is 10.0 Å². The zero-order valence-electron chi connectivity index (χ0n) is 11.5. The molecule has 2 aromatic carbocycles. The number of sulfonamides is 1. The van der Waals surface area contributed by atoms with Crippen LogP contribution in [-0.2, 0) is 21.2 Å². The average Bonchev–Trinajstić information content (AvgIpc) is 2.41. The van der Waals surface area contributed by atoms with Gasteiger partial charge in [0.1, 0.15) is 0 Å². The average molecular weight is 304 g/mol. The molecule has 0 fully saturated rings. The van der Waals surface area contributed by atoms with Crippen molar-refractivity contribution in [3.63, 3.8) is 0 Å². The molecular weight excluding hydrogens is 288 g/mol. The number of nitrogens with one attached hydrogen (secondary N) is 1. The van der Waals surface area contributed by atoms with Crippen molar-refractivity contribution in [1.29, 1.82) is 0 Å². The zero-order chi connectivity index (χ0) is 15.5. The van der Waals surface area contributed by atoms with Crippen LogP contribution in [0.5, 0.6) is 0 Å². The molecule has 0 radical (unpaired) electrons. The number of hydrogen-bond donors (Lipinski definition) is 2. The largest absolute Gasteiger partial charge is 0.326 e. The van der Waals surface area contributed by atoms with Gasteiger partial charge in [0.2, 0.25) is 15.9 Å². The summed E-state index contributed by atoms with van der Waals surface area (Å²) in [6, 6.07) is 13.4. The molecule has 0 heterocycles. The minimum atomic E-state index is -3.71. The summed E-state index contributed by atoms with van der Waals surface area (Å²) >= 11 is 0. The fourth-order valence-electron chi connectivity index (χ4n) is 1.91. The Bertz CT molecular complexity index is 753. The number of carbonyl (C=O) groups excluding carboxylic acids is 1. The number of rotatable bonds is 4. The highest BCUT2D eigenvalue weighted by atomic mass is 32.2. The van der Waals surface area contributed by atoms with Crippen LogP contribution in [0.2, 0.25) is 0 Å². The van der Waals surface area contributed by atoms with Crippen molar-refractivity contribution in [1.82, 2.24) is 0 Å². The molecule has 2 aromatic rings. The summed E-state index contributed by atoms with van der Waals surface area (Å²) in [5, 5.41) is 7.73. The van der Waals surface area contributed by atoms with Gasteiger partial charge < -0.3 is 5.32 Å². The Balaban J connectivity index is 2.05. The first kappa shape index (κ1) is 15.2. The van der Waals surface area contributed by atoms with Crippen molar-refractivity contribution < 1.29 is 13.2 Å². The third-order valence-electron chi connectivity index (χ3n) is 3.08. The fourth-order valence-corrected chi connectivity index (χ4v) is 2.43. The Labute approximate surface area is 123 Å². The lowest BCUT2D eigenvalue weighted by atomic mass is 10.1. The van der Waals surface area contributed by atoms with Gasteiger partial charge in [0.05, 0.1) is 11.3 Å². The normalized spacial score (nSPS) is 11.1. The van der Waals surface area contributed by atoms with Crippen molar-refractivity contribution in [3.8, 4) is 0 Å². The van der Waals surface area contributed by atoms with Gasteiger partial charge in [0, 0.05) is 5.69 Å². The number of benzene rings is 2. The highest BCUT2D eigenvalue weighted by molar-refractivity contribution is 7.89. The molecular formula is C15H16N2O3S. The van der Waals surface area contributed by atoms with E-state index in [1.165, 1.54) is 24.3 Å². The maximum absolute atomic E-state index is 12.0. The summed E-state index contributed by atoms with van der Waals surface area (Å²) in [5.74, 6) is -0.160. The number of amides is 1. The third-order valence-corrected chi connectivity index (χ3v) is 4.01. The van der Waals surface area contributed by atoms with Crippen LogP contribution in [0.15, 0.2) is 53.4 Å². The number of aryl methyl sites for hydroxylation is 1. The lowest BCUT2D eigenvalue weighted by Gasteiger charge is -2.08. The van der Waals surface area contributed by atoms with Gasteiger partial charge in [0.15, 0.2) is 0 Å². The van der Waals surface area contributed by atoms with Crippen molar-refractivity contribution in [2.45, 2.75) is 18.2 Å². The second kappa shape index (κ2) is 6.07. The van der Waals surface area contributed by atoms with Crippen LogP contribution >= 0.6 is 0 Å². The molecule has 0 atom stereocenters. The van der Waals surface area contributed by atoms with E-state index in [1.54, 1.807) is 0 Å². The highest BCUT2D eigenvalue weighted by Gasteiger charge is 2.09. The van der Waals surface area contributed by atoms with Gasteiger partial charge in [-0.05, 0) is 42.3 Å². The first-order valence-corrected chi connectivity index (χ1v) is 7.88. The van der Waals surface area contributed by atoms with Gasteiger partial charge in [0.25, 0.3) is 0 Å². The van der Waals surface area contributed by atoms with Crippen LogP contribution in [0.1, 0.15) is 11.1 Å². The van der Waals surface area contributed by atoms with Gasteiger partial charge in [-0.15, -0.1) is 0 Å². The Morgan fingerprint density at radius 1 is 1.10 bits per heavy atom. The first-order chi connectivity index (χ1) is 9.86. The fraction of sp³-hybridized carbons (Fsp3) is 0.133. The summed E-state index contributed by atoms with van der Waals surface area (Å²) in [6.45, 7) is 1.95. The van der Waals surface area contributed by atoms with Crippen molar-refractivity contribution in [2.24, 2.45) is 5.14 Å². The first-order valence-electron chi connectivity index (χ1n) is 6.33. The van der Waals surface area contributed by atoms with Gasteiger partial charge >= 0.3 is 0 Å². The van der Waals surface area contributed by atoms with E-state index in [4.69, 9.17) is 5.14 Å². The van der Waals surface area contributed by atoms with E-state index in [0.717, 1.165) is 11.1 Å². The monoisotopic (exact) mass is 304 g/mol. The Morgan fingerprint density at radius 3 is 2.29 bits per heavy atom. The summed E-state index contributed by atoms with van der Waals surface area (Å²) in [4.78, 5) is 12.0. The molecule has 0 spiro atoms. The van der Waals surface area contributed by atoms with Crippen LogP contribution in [0.25, 0.3) is 0 Å². The van der Waals surface area contributed by atoms with Crippen LogP contribution in [-0.4, -0.2) is 14.3 Å². The van der Waals surface area contributed by atoms with Crippen LogP contribution in [0, 0.1) is 6.92 Å². The summed E-state index contributed by atoms with van der Waals surface area (Å²) in [5.41, 5.74) is 2.54. The molecule has 0 aliphatic heterocycles. The SMILES string of the molecule is Cc1ccccc1CC(=O)Nc1ccc(S(N)(=O)=O)cc1. The van der Waals surface area contributed by atoms with E-state index in [1.807, 2.05) is 31.2 Å². The molecule has 0 saturated carbocycles. The molecule has 0 unspecified atom stereocenters. The predicted molar refractivity (Wildman–Crippen MR) is 81.3 cm³/mol. The topological polar surface area (TPSA) is 89.3 Å². The zero-order valence-corrected chi connectivity index (χ0v) is 12.4. The standard InChI is InChI=1S/C15H16N2O3S/c1-11-4-2-3-5-12(11)10-15(18)17-13-6-8-14(9-7-13)21(16,19)20/h2-9H,10H2,1H3,(H,17,18)(H2,16,19,20). The molecule has 6 heteroatoms. The van der Waals surface area contributed by atoms with Crippen molar-refractivity contribution in [3.05, 3.63) is 59.7 Å². The third kappa shape index (κ3) is 4.14. The molecule has 0 aliphatic carbocycles. The van der Waals surface area contributed by atoms with E-state index >= 15 is 0 Å². The number of anilines is 1. The molecule has 0 saturated heterocycles. The number of hydrogen-bond acceptors (Lipinski definition) is 3. The van der Waals surface area contributed by atoms with Gasteiger partial charge in [-0.25, -0.2) is 13.6 Å². The van der Waals surface area contributed by atoms with Gasteiger partial charge in [-0.3, -0.25) is 4.79 Å². The molecule has 0 bridgehead atoms. The van der Waals surface area contributed by atoms with E-state index in [2.05, 4.69) is 5.32 Å². The summed E-state index contributed by atoms with van der Waals surface area (Å²) in [6.07, 6.45) is 0.267. The summed E-state index contributed by atoms with van der Waals surface area (Å²) in [7, 11) is -3.71. The minimum absolute atomic E-state index is 0.0133. The number of primary sulfonamides is 1. The molecule has 21 heavy (non-hydrogen) atoms. The smallest absolute Gasteiger partial charge is 0.238 e. The number of carbonyl (C=O) groups is 1. The summed E-state index contributed by atoms with van der Waals surface area (Å²) < 4.78 is 22.3. The molecule has 5 nitrogen and oxygen atoms in total. The van der Waals surface area contributed by atoms with Gasteiger partial charge in [-0.1, -0.05) is 24.3 Å². The lowest BCUT2D eigenvalue weighted by Crippen LogP contribution is -2.15. The number of nitrogens with two attached hydrogens (primary N) is 1. The quantitative estimate of drug-likeness (QED) is 0.903. The lowest BCUT2D eigenvalue weighted by molar-refractivity contribution is -0.115. The van der Waals surface area contributed by atoms with E-state index in [0.29, 0.717) is 5.69 Å². The molecule has 3 N–H and O–H groups in total. The van der Waals surface area contributed by atoms with Crippen molar-refractivity contribution in [2.75, 3.05) is 5.32 Å². The Hall–Kier alpha value is -2.18. The maximum atomic E-state index is 12.0. The molecule has 110 valence electrons. The molecule has 1 amide bonds. The second-order valence-electron chi connectivity index (χ2n) is 4.72. The van der Waals surface area contributed by atoms with Crippen molar-refractivity contribution >= 4 is 21.6 Å². The highest BCUT2D eigenvalue weighted by Crippen LogP contribution is 2.14. The molecule has 0 aliphatic rings. The minimum Gasteiger partial charge on any atom is -0.326 e. The second-order valence-corrected chi connectivity index (χ2v) is 6.28.